The van der Waals surface area contributed by atoms with Gasteiger partial charge in [-0.2, -0.15) is 0 Å². The molecule has 0 saturated heterocycles. The van der Waals surface area contributed by atoms with Crippen molar-refractivity contribution >= 4 is 17.3 Å². The quantitative estimate of drug-likeness (QED) is 0.889. The first kappa shape index (κ1) is 15.5. The van der Waals surface area contributed by atoms with Crippen molar-refractivity contribution in [3.63, 3.8) is 0 Å². The van der Waals surface area contributed by atoms with Gasteiger partial charge in [-0.25, -0.2) is 9.78 Å². The van der Waals surface area contributed by atoms with Gasteiger partial charge >= 0.3 is 5.97 Å². The van der Waals surface area contributed by atoms with Gasteiger partial charge in [0.2, 0.25) is 0 Å². The number of thiazole rings is 1. The van der Waals surface area contributed by atoms with Crippen molar-refractivity contribution < 1.29 is 14.6 Å². The van der Waals surface area contributed by atoms with E-state index in [0.717, 1.165) is 17.8 Å². The molecular weight excluding hydrogens is 288 g/mol. The molecule has 0 spiro atoms. The maximum Gasteiger partial charge on any atom is 0.339 e. The Kier molecular flexibility index (Phi) is 4.93. The van der Waals surface area contributed by atoms with E-state index >= 15 is 0 Å². The maximum absolute atomic E-state index is 11.2. The molecular formula is C15H18N2O3S. The summed E-state index contributed by atoms with van der Waals surface area (Å²) in [5.41, 5.74) is 4.03. The van der Waals surface area contributed by atoms with Gasteiger partial charge < -0.3 is 9.84 Å². The van der Waals surface area contributed by atoms with Gasteiger partial charge in [-0.1, -0.05) is 6.07 Å². The summed E-state index contributed by atoms with van der Waals surface area (Å²) in [6.07, 6.45) is 0. The summed E-state index contributed by atoms with van der Waals surface area (Å²) in [5, 5.41) is 9.20. The fourth-order valence-corrected chi connectivity index (χ4v) is 2.97. The molecule has 0 aliphatic rings. The zero-order chi connectivity index (χ0) is 15.4. The minimum atomic E-state index is -0.977. The number of carboxylic acids is 1. The number of benzene rings is 1. The molecule has 6 heteroatoms. The Morgan fingerprint density at radius 1 is 1.43 bits per heavy atom. The molecule has 0 radical (unpaired) electrons. The van der Waals surface area contributed by atoms with Crippen molar-refractivity contribution in [2.24, 2.45) is 0 Å². The van der Waals surface area contributed by atoms with Crippen LogP contribution in [0.25, 0.3) is 0 Å². The van der Waals surface area contributed by atoms with Gasteiger partial charge in [0.05, 0.1) is 18.3 Å². The molecule has 0 fully saturated rings. The first-order valence-corrected chi connectivity index (χ1v) is 7.37. The summed E-state index contributed by atoms with van der Waals surface area (Å²) in [6.45, 7) is 3.46. The molecule has 0 saturated carbocycles. The number of carboxylic acid groups (broad SMARTS) is 1. The maximum atomic E-state index is 11.2. The minimum Gasteiger partial charge on any atom is -0.496 e. The lowest BCUT2D eigenvalue weighted by molar-refractivity contribution is 0.0693. The summed E-state index contributed by atoms with van der Waals surface area (Å²) in [5.74, 6) is -0.596. The monoisotopic (exact) mass is 306 g/mol. The Bertz CT molecular complexity index is 640. The largest absolute Gasteiger partial charge is 0.496 e. The van der Waals surface area contributed by atoms with Crippen molar-refractivity contribution in [1.29, 1.82) is 0 Å². The SMILES string of the molecule is COc1ccc(CN(C)Cc2scnc2C)cc1C(=O)O. The first-order valence-electron chi connectivity index (χ1n) is 6.49. The normalized spacial score (nSPS) is 10.9. The van der Waals surface area contributed by atoms with E-state index in [-0.39, 0.29) is 5.56 Å². The molecule has 2 aromatic rings. The molecule has 0 atom stereocenters. The number of hydrogen-bond donors (Lipinski definition) is 1. The number of nitrogens with zero attached hydrogens (tertiary/aromatic N) is 2. The molecule has 1 heterocycles. The van der Waals surface area contributed by atoms with Crippen molar-refractivity contribution in [2.45, 2.75) is 20.0 Å². The van der Waals surface area contributed by atoms with Gasteiger partial charge in [-0.05, 0) is 31.7 Å². The van der Waals surface area contributed by atoms with Crippen LogP contribution in [0.15, 0.2) is 23.7 Å². The van der Waals surface area contributed by atoms with Crippen LogP contribution >= 0.6 is 11.3 Å². The average molecular weight is 306 g/mol. The Morgan fingerprint density at radius 2 is 2.19 bits per heavy atom. The Hall–Kier alpha value is -1.92. The van der Waals surface area contributed by atoms with Gasteiger partial charge in [0.1, 0.15) is 11.3 Å². The second-order valence-corrected chi connectivity index (χ2v) is 5.81. The zero-order valence-corrected chi connectivity index (χ0v) is 13.1. The molecule has 112 valence electrons. The smallest absolute Gasteiger partial charge is 0.339 e. The predicted octanol–water partition coefficient (Wildman–Crippen LogP) is 2.79. The van der Waals surface area contributed by atoms with E-state index in [1.165, 1.54) is 12.0 Å². The first-order chi connectivity index (χ1) is 10.0. The van der Waals surface area contributed by atoms with Crippen LogP contribution in [0.1, 0.15) is 26.5 Å². The third-order valence-electron chi connectivity index (χ3n) is 3.21. The van der Waals surface area contributed by atoms with Gasteiger partial charge in [0.15, 0.2) is 0 Å². The summed E-state index contributed by atoms with van der Waals surface area (Å²) >= 11 is 1.64. The molecule has 1 aromatic carbocycles. The highest BCUT2D eigenvalue weighted by Crippen LogP contribution is 2.21. The van der Waals surface area contributed by atoms with Crippen LogP contribution in [-0.4, -0.2) is 35.1 Å². The number of aromatic carboxylic acids is 1. The van der Waals surface area contributed by atoms with Crippen LogP contribution in [0.5, 0.6) is 5.75 Å². The van der Waals surface area contributed by atoms with E-state index in [9.17, 15) is 9.90 Å². The van der Waals surface area contributed by atoms with Crippen LogP contribution in [0, 0.1) is 6.92 Å². The Balaban J connectivity index is 2.10. The standard InChI is InChI=1S/C15H18N2O3S/c1-10-14(21-9-16-10)8-17(2)7-11-4-5-13(20-3)12(6-11)15(18)19/h4-6,9H,7-8H2,1-3H3,(H,18,19). The molecule has 5 nitrogen and oxygen atoms in total. The molecule has 0 unspecified atom stereocenters. The summed E-state index contributed by atoms with van der Waals surface area (Å²) in [7, 11) is 3.48. The highest BCUT2D eigenvalue weighted by molar-refractivity contribution is 7.09. The fraction of sp³-hybridized carbons (Fsp3) is 0.333. The van der Waals surface area contributed by atoms with Crippen LogP contribution in [0.3, 0.4) is 0 Å². The topological polar surface area (TPSA) is 62.7 Å². The third-order valence-corrected chi connectivity index (χ3v) is 4.13. The van der Waals surface area contributed by atoms with Gasteiger partial charge in [-0.3, -0.25) is 4.90 Å². The number of ether oxygens (including phenoxy) is 1. The zero-order valence-electron chi connectivity index (χ0n) is 12.3. The van der Waals surface area contributed by atoms with Crippen LogP contribution < -0.4 is 4.74 Å². The fourth-order valence-electron chi connectivity index (χ4n) is 2.11. The Morgan fingerprint density at radius 3 is 2.76 bits per heavy atom. The molecule has 1 N–H and O–H groups in total. The van der Waals surface area contributed by atoms with Crippen LogP contribution in [-0.2, 0) is 13.1 Å². The van der Waals surface area contributed by atoms with Crippen LogP contribution in [0.4, 0.5) is 0 Å². The molecule has 1 aromatic heterocycles. The van der Waals surface area contributed by atoms with E-state index in [2.05, 4.69) is 9.88 Å². The number of aryl methyl sites for hydroxylation is 1. The molecule has 0 aliphatic carbocycles. The summed E-state index contributed by atoms with van der Waals surface area (Å²) < 4.78 is 5.07. The van der Waals surface area contributed by atoms with E-state index in [0.29, 0.717) is 12.3 Å². The summed E-state index contributed by atoms with van der Waals surface area (Å²) in [4.78, 5) is 18.8. The molecule has 2 rings (SSSR count). The number of rotatable bonds is 6. The second-order valence-electron chi connectivity index (χ2n) is 4.87. The Labute approximate surface area is 127 Å². The predicted molar refractivity (Wildman–Crippen MR) is 82.0 cm³/mol. The molecule has 21 heavy (non-hydrogen) atoms. The summed E-state index contributed by atoms with van der Waals surface area (Å²) in [6, 6.07) is 5.25. The van der Waals surface area contributed by atoms with E-state index in [4.69, 9.17) is 4.74 Å². The van der Waals surface area contributed by atoms with Crippen LogP contribution in [0.2, 0.25) is 0 Å². The lowest BCUT2D eigenvalue weighted by Crippen LogP contribution is -2.17. The molecule has 0 amide bonds. The van der Waals surface area contributed by atoms with Gasteiger partial charge in [0, 0.05) is 18.0 Å². The van der Waals surface area contributed by atoms with Crippen molar-refractivity contribution in [3.05, 3.63) is 45.4 Å². The number of aromatic nitrogens is 1. The highest BCUT2D eigenvalue weighted by Gasteiger charge is 2.13. The van der Waals surface area contributed by atoms with Crippen molar-refractivity contribution in [2.75, 3.05) is 14.2 Å². The molecule has 0 bridgehead atoms. The van der Waals surface area contributed by atoms with E-state index < -0.39 is 5.97 Å². The number of methoxy groups -OCH3 is 1. The van der Waals surface area contributed by atoms with Gasteiger partial charge in [-0.15, -0.1) is 11.3 Å². The lowest BCUT2D eigenvalue weighted by atomic mass is 10.1. The van der Waals surface area contributed by atoms with Gasteiger partial charge in [0.25, 0.3) is 0 Å². The third kappa shape index (κ3) is 3.80. The highest BCUT2D eigenvalue weighted by atomic mass is 32.1. The number of hydrogen-bond acceptors (Lipinski definition) is 5. The van der Waals surface area contributed by atoms with Crippen molar-refractivity contribution in [1.82, 2.24) is 9.88 Å². The minimum absolute atomic E-state index is 0.192. The second kappa shape index (κ2) is 6.69. The molecule has 0 aliphatic heterocycles. The number of carbonyl (C=O) groups is 1. The average Bonchev–Trinajstić information content (AvgIpc) is 2.84. The van der Waals surface area contributed by atoms with Crippen molar-refractivity contribution in [3.8, 4) is 5.75 Å². The van der Waals surface area contributed by atoms with E-state index in [1.54, 1.807) is 23.5 Å². The van der Waals surface area contributed by atoms with E-state index in [1.807, 2.05) is 25.5 Å². The lowest BCUT2D eigenvalue weighted by Gasteiger charge is -2.17.